The van der Waals surface area contributed by atoms with Crippen LogP contribution in [0.3, 0.4) is 0 Å². The van der Waals surface area contributed by atoms with E-state index >= 15 is 0 Å². The fourth-order valence-corrected chi connectivity index (χ4v) is 3.83. The quantitative estimate of drug-likeness (QED) is 0.530. The first-order valence-electron chi connectivity index (χ1n) is 8.31. The number of carbonyl (C=O) groups excluding carboxylic acids is 1. The molecule has 1 N–H and O–H groups in total. The summed E-state index contributed by atoms with van der Waals surface area (Å²) in [5.74, 6) is 0.00585. The third-order valence-corrected chi connectivity index (χ3v) is 5.32. The van der Waals surface area contributed by atoms with Crippen molar-refractivity contribution >= 4 is 45.9 Å². The number of hydrogen-bond acceptors (Lipinski definition) is 4. The molecule has 0 radical (unpaired) electrons. The van der Waals surface area contributed by atoms with Crippen LogP contribution in [0.15, 0.2) is 58.5 Å². The Bertz CT molecular complexity index is 1050. The average Bonchev–Trinajstić information content (AvgIpc) is 3.45. The minimum absolute atomic E-state index is 0.0316. The van der Waals surface area contributed by atoms with Gasteiger partial charge < -0.3 is 5.32 Å². The SMILES string of the molecule is O=C(CSc1nc2ccccc2c(=O)n1C1CC1)Nc1cccc(Cl)c1. The highest BCUT2D eigenvalue weighted by Gasteiger charge is 2.28. The van der Waals surface area contributed by atoms with Gasteiger partial charge in [-0.05, 0) is 43.2 Å². The molecule has 5 nitrogen and oxygen atoms in total. The Labute approximate surface area is 159 Å². The number of rotatable bonds is 5. The van der Waals surface area contributed by atoms with Gasteiger partial charge in [0.1, 0.15) is 0 Å². The second-order valence-corrected chi connectivity index (χ2v) is 7.54. The first-order valence-corrected chi connectivity index (χ1v) is 9.67. The number of para-hydroxylation sites is 1. The largest absolute Gasteiger partial charge is 0.325 e. The molecule has 1 aliphatic carbocycles. The highest BCUT2D eigenvalue weighted by atomic mass is 35.5. The lowest BCUT2D eigenvalue weighted by Gasteiger charge is -2.12. The number of benzene rings is 2. The molecule has 1 amide bonds. The van der Waals surface area contributed by atoms with Gasteiger partial charge in [0.25, 0.3) is 5.56 Å². The predicted octanol–water partition coefficient (Wildman–Crippen LogP) is 4.12. The van der Waals surface area contributed by atoms with E-state index in [-0.39, 0.29) is 23.3 Å². The van der Waals surface area contributed by atoms with Gasteiger partial charge in [-0.2, -0.15) is 0 Å². The average molecular weight is 386 g/mol. The van der Waals surface area contributed by atoms with Crippen LogP contribution >= 0.6 is 23.4 Å². The van der Waals surface area contributed by atoms with Gasteiger partial charge >= 0.3 is 0 Å². The number of carbonyl (C=O) groups is 1. The zero-order valence-corrected chi connectivity index (χ0v) is 15.4. The Balaban J connectivity index is 1.56. The third-order valence-electron chi connectivity index (χ3n) is 4.13. The van der Waals surface area contributed by atoms with E-state index in [2.05, 4.69) is 10.3 Å². The molecule has 26 heavy (non-hydrogen) atoms. The van der Waals surface area contributed by atoms with Crippen LogP contribution in [0, 0.1) is 0 Å². The summed E-state index contributed by atoms with van der Waals surface area (Å²) in [7, 11) is 0. The number of amides is 1. The van der Waals surface area contributed by atoms with Crippen LogP contribution in [-0.4, -0.2) is 21.2 Å². The van der Waals surface area contributed by atoms with Crippen molar-refractivity contribution in [3.05, 3.63) is 63.9 Å². The van der Waals surface area contributed by atoms with Crippen LogP contribution in [0.5, 0.6) is 0 Å². The Morgan fingerprint density at radius 1 is 1.23 bits per heavy atom. The Morgan fingerprint density at radius 3 is 2.81 bits per heavy atom. The monoisotopic (exact) mass is 385 g/mol. The maximum absolute atomic E-state index is 12.8. The molecule has 1 fully saturated rings. The van der Waals surface area contributed by atoms with Crippen molar-refractivity contribution < 1.29 is 4.79 Å². The summed E-state index contributed by atoms with van der Waals surface area (Å²) in [6.45, 7) is 0. The van der Waals surface area contributed by atoms with Crippen molar-refractivity contribution in [3.8, 4) is 0 Å². The fourth-order valence-electron chi connectivity index (χ4n) is 2.78. The maximum Gasteiger partial charge on any atom is 0.262 e. The zero-order chi connectivity index (χ0) is 18.1. The smallest absolute Gasteiger partial charge is 0.262 e. The van der Waals surface area contributed by atoms with Gasteiger partial charge in [-0.25, -0.2) is 4.98 Å². The predicted molar refractivity (Wildman–Crippen MR) is 105 cm³/mol. The van der Waals surface area contributed by atoms with Crippen molar-refractivity contribution in [2.75, 3.05) is 11.1 Å². The number of aromatic nitrogens is 2. The topological polar surface area (TPSA) is 64.0 Å². The molecule has 0 spiro atoms. The summed E-state index contributed by atoms with van der Waals surface area (Å²) in [4.78, 5) is 29.7. The van der Waals surface area contributed by atoms with Crippen LogP contribution in [0.1, 0.15) is 18.9 Å². The third kappa shape index (κ3) is 3.61. The van der Waals surface area contributed by atoms with E-state index in [9.17, 15) is 9.59 Å². The van der Waals surface area contributed by atoms with E-state index in [0.29, 0.717) is 26.8 Å². The molecule has 7 heteroatoms. The van der Waals surface area contributed by atoms with E-state index < -0.39 is 0 Å². The number of halogens is 1. The molecule has 1 saturated carbocycles. The van der Waals surface area contributed by atoms with Gasteiger partial charge in [0.15, 0.2) is 5.16 Å². The molecule has 1 aliphatic rings. The Kier molecular flexibility index (Phi) is 4.70. The number of fused-ring (bicyclic) bond motifs is 1. The van der Waals surface area contributed by atoms with Crippen LogP contribution in [0.4, 0.5) is 5.69 Å². The molecule has 2 aromatic carbocycles. The summed E-state index contributed by atoms with van der Waals surface area (Å²) in [5.41, 5.74) is 1.28. The highest BCUT2D eigenvalue weighted by molar-refractivity contribution is 7.99. The first kappa shape index (κ1) is 17.1. The van der Waals surface area contributed by atoms with Crippen LogP contribution < -0.4 is 10.9 Å². The van der Waals surface area contributed by atoms with E-state index in [1.807, 2.05) is 18.2 Å². The number of hydrogen-bond donors (Lipinski definition) is 1. The van der Waals surface area contributed by atoms with Crippen LogP contribution in [0.2, 0.25) is 5.02 Å². The normalized spacial score (nSPS) is 13.7. The van der Waals surface area contributed by atoms with Crippen molar-refractivity contribution in [1.82, 2.24) is 9.55 Å². The van der Waals surface area contributed by atoms with E-state index in [4.69, 9.17) is 11.6 Å². The molecule has 4 rings (SSSR count). The van der Waals surface area contributed by atoms with E-state index in [1.165, 1.54) is 11.8 Å². The molecule has 0 bridgehead atoms. The molecule has 0 atom stereocenters. The number of anilines is 1. The molecule has 1 heterocycles. The van der Waals surface area contributed by atoms with Crippen molar-refractivity contribution in [2.45, 2.75) is 24.0 Å². The van der Waals surface area contributed by atoms with E-state index in [0.717, 1.165) is 12.8 Å². The molecular formula is C19H16ClN3O2S. The lowest BCUT2D eigenvalue weighted by atomic mass is 10.2. The maximum atomic E-state index is 12.8. The molecule has 0 unspecified atom stereocenters. The van der Waals surface area contributed by atoms with E-state index in [1.54, 1.807) is 34.9 Å². The van der Waals surface area contributed by atoms with Gasteiger partial charge in [-0.15, -0.1) is 0 Å². The van der Waals surface area contributed by atoms with Crippen LogP contribution in [-0.2, 0) is 4.79 Å². The summed E-state index contributed by atoms with van der Waals surface area (Å²) in [6.07, 6.45) is 1.95. The second-order valence-electron chi connectivity index (χ2n) is 6.17. The van der Waals surface area contributed by atoms with Crippen molar-refractivity contribution in [3.63, 3.8) is 0 Å². The lowest BCUT2D eigenvalue weighted by molar-refractivity contribution is -0.113. The standard InChI is InChI=1S/C19H16ClN3O2S/c20-12-4-3-5-13(10-12)21-17(24)11-26-19-22-16-7-2-1-6-15(16)18(25)23(19)14-8-9-14/h1-7,10,14H,8-9,11H2,(H,21,24). The lowest BCUT2D eigenvalue weighted by Crippen LogP contribution is -2.23. The number of thioether (sulfide) groups is 1. The highest BCUT2D eigenvalue weighted by Crippen LogP contribution is 2.36. The Morgan fingerprint density at radius 2 is 2.04 bits per heavy atom. The van der Waals surface area contributed by atoms with Gasteiger partial charge in [0.05, 0.1) is 16.7 Å². The fraction of sp³-hybridized carbons (Fsp3) is 0.211. The molecule has 132 valence electrons. The summed E-state index contributed by atoms with van der Waals surface area (Å²) in [5, 5.41) is 4.59. The zero-order valence-electron chi connectivity index (χ0n) is 13.8. The number of nitrogens with zero attached hydrogens (tertiary/aromatic N) is 2. The molecule has 1 aromatic heterocycles. The minimum atomic E-state index is -0.165. The Hall–Kier alpha value is -2.31. The van der Waals surface area contributed by atoms with Gasteiger partial charge in [-0.1, -0.05) is 41.6 Å². The molecular weight excluding hydrogens is 370 g/mol. The van der Waals surface area contributed by atoms with Crippen LogP contribution in [0.25, 0.3) is 10.9 Å². The molecule has 3 aromatic rings. The molecule has 0 saturated heterocycles. The molecule has 0 aliphatic heterocycles. The second kappa shape index (κ2) is 7.13. The minimum Gasteiger partial charge on any atom is -0.325 e. The first-order chi connectivity index (χ1) is 12.6. The summed E-state index contributed by atoms with van der Waals surface area (Å²) < 4.78 is 1.74. The van der Waals surface area contributed by atoms with Crippen molar-refractivity contribution in [2.24, 2.45) is 0 Å². The van der Waals surface area contributed by atoms with Gasteiger partial charge in [0, 0.05) is 16.8 Å². The summed E-state index contributed by atoms with van der Waals surface area (Å²) in [6, 6.07) is 14.5. The number of nitrogens with one attached hydrogen (secondary N) is 1. The van der Waals surface area contributed by atoms with Gasteiger partial charge in [0.2, 0.25) is 5.91 Å². The van der Waals surface area contributed by atoms with Crippen molar-refractivity contribution in [1.29, 1.82) is 0 Å². The van der Waals surface area contributed by atoms with Gasteiger partial charge in [-0.3, -0.25) is 14.2 Å². The summed E-state index contributed by atoms with van der Waals surface area (Å²) >= 11 is 7.21.